The van der Waals surface area contributed by atoms with Crippen LogP contribution in [0.1, 0.15) is 18.5 Å². The number of nitrogens with zero attached hydrogens (tertiary/aromatic N) is 2. The van der Waals surface area contributed by atoms with E-state index in [9.17, 15) is 4.79 Å². The zero-order chi connectivity index (χ0) is 13.4. The third kappa shape index (κ3) is 2.51. The third-order valence-electron chi connectivity index (χ3n) is 3.21. The molecule has 0 radical (unpaired) electrons. The van der Waals surface area contributed by atoms with Gasteiger partial charge >= 0.3 is 5.69 Å². The second-order valence-electron chi connectivity index (χ2n) is 4.41. The molecular formula is C14H13BrClN3O. The van der Waals surface area contributed by atoms with E-state index in [1.807, 2.05) is 43.3 Å². The Labute approximate surface area is 130 Å². The lowest BCUT2D eigenvalue weighted by atomic mass is 10.1. The zero-order valence-corrected chi connectivity index (χ0v) is 13.1. The van der Waals surface area contributed by atoms with Gasteiger partial charge in [0.1, 0.15) is 0 Å². The van der Waals surface area contributed by atoms with Crippen LogP contribution in [0.2, 0.25) is 0 Å². The summed E-state index contributed by atoms with van der Waals surface area (Å²) in [7, 11) is 0. The van der Waals surface area contributed by atoms with Gasteiger partial charge in [0.25, 0.3) is 0 Å². The van der Waals surface area contributed by atoms with E-state index in [1.54, 1.807) is 10.8 Å². The predicted molar refractivity (Wildman–Crippen MR) is 85.6 cm³/mol. The largest absolute Gasteiger partial charge is 0.328 e. The summed E-state index contributed by atoms with van der Waals surface area (Å²) in [4.78, 5) is 19.1. The lowest BCUT2D eigenvalue weighted by Crippen LogP contribution is -2.21. The molecule has 0 aliphatic heterocycles. The number of imidazole rings is 1. The Hall–Kier alpha value is -1.59. The minimum Gasteiger partial charge on any atom is -0.290 e. The van der Waals surface area contributed by atoms with Gasteiger partial charge in [0.15, 0.2) is 5.65 Å². The van der Waals surface area contributed by atoms with E-state index in [4.69, 9.17) is 0 Å². The van der Waals surface area contributed by atoms with Crippen LogP contribution in [-0.4, -0.2) is 14.5 Å². The first-order valence-electron chi connectivity index (χ1n) is 5.97. The van der Waals surface area contributed by atoms with Gasteiger partial charge in [0.2, 0.25) is 0 Å². The summed E-state index contributed by atoms with van der Waals surface area (Å²) < 4.78 is 2.58. The van der Waals surface area contributed by atoms with Crippen LogP contribution < -0.4 is 5.69 Å². The molecule has 104 valence electrons. The van der Waals surface area contributed by atoms with Crippen molar-refractivity contribution in [1.29, 1.82) is 0 Å². The maximum atomic E-state index is 12.1. The number of halogens is 2. The van der Waals surface area contributed by atoms with Gasteiger partial charge in [0, 0.05) is 10.7 Å². The first kappa shape index (κ1) is 14.8. The SMILES string of the molecule is C[C@H](c1ccccc1)n1c(=O)[nH]c2ncc(Br)cc21.Cl. The Balaban J connectivity index is 0.00000147. The number of benzene rings is 1. The van der Waals surface area contributed by atoms with Crippen LogP contribution in [0.3, 0.4) is 0 Å². The van der Waals surface area contributed by atoms with E-state index in [0.29, 0.717) is 5.65 Å². The Morgan fingerprint density at radius 2 is 2.00 bits per heavy atom. The number of pyridine rings is 1. The van der Waals surface area contributed by atoms with Crippen molar-refractivity contribution in [1.82, 2.24) is 14.5 Å². The Bertz CT molecular complexity index is 782. The molecule has 1 atom stereocenters. The van der Waals surface area contributed by atoms with Gasteiger partial charge in [-0.2, -0.15) is 0 Å². The normalized spacial score (nSPS) is 12.1. The first-order valence-corrected chi connectivity index (χ1v) is 6.77. The van der Waals surface area contributed by atoms with Gasteiger partial charge in [-0.15, -0.1) is 12.4 Å². The minimum absolute atomic E-state index is 0. The van der Waals surface area contributed by atoms with E-state index in [1.165, 1.54) is 0 Å². The molecule has 0 spiro atoms. The molecule has 0 amide bonds. The van der Waals surface area contributed by atoms with Gasteiger partial charge in [-0.25, -0.2) is 9.78 Å². The molecular weight excluding hydrogens is 342 g/mol. The molecule has 0 unspecified atom stereocenters. The maximum Gasteiger partial charge on any atom is 0.328 e. The van der Waals surface area contributed by atoms with Gasteiger partial charge in [-0.1, -0.05) is 30.3 Å². The van der Waals surface area contributed by atoms with Crippen LogP contribution in [-0.2, 0) is 0 Å². The minimum atomic E-state index is -0.142. The van der Waals surface area contributed by atoms with Crippen LogP contribution in [0.4, 0.5) is 0 Å². The fourth-order valence-electron chi connectivity index (χ4n) is 2.24. The van der Waals surface area contributed by atoms with Gasteiger partial charge in [-0.3, -0.25) is 9.55 Å². The van der Waals surface area contributed by atoms with Crippen LogP contribution >= 0.6 is 28.3 Å². The molecule has 2 heterocycles. The van der Waals surface area contributed by atoms with Crippen molar-refractivity contribution in [3.05, 3.63) is 63.1 Å². The van der Waals surface area contributed by atoms with Crippen molar-refractivity contribution in [3.8, 4) is 0 Å². The molecule has 3 rings (SSSR count). The van der Waals surface area contributed by atoms with Crippen LogP contribution in [0, 0.1) is 0 Å². The number of nitrogens with one attached hydrogen (secondary N) is 1. The highest BCUT2D eigenvalue weighted by molar-refractivity contribution is 9.10. The average Bonchev–Trinajstić information content (AvgIpc) is 2.74. The molecule has 0 saturated carbocycles. The molecule has 1 N–H and O–H groups in total. The molecule has 0 bridgehead atoms. The van der Waals surface area contributed by atoms with Gasteiger partial charge < -0.3 is 0 Å². The fraction of sp³-hybridized carbons (Fsp3) is 0.143. The van der Waals surface area contributed by atoms with Crippen molar-refractivity contribution >= 4 is 39.5 Å². The van der Waals surface area contributed by atoms with E-state index in [2.05, 4.69) is 25.9 Å². The highest BCUT2D eigenvalue weighted by atomic mass is 79.9. The number of hydrogen-bond donors (Lipinski definition) is 1. The number of H-pyrrole nitrogens is 1. The highest BCUT2D eigenvalue weighted by Crippen LogP contribution is 2.22. The van der Waals surface area contributed by atoms with Crippen LogP contribution in [0.5, 0.6) is 0 Å². The molecule has 0 aliphatic carbocycles. The molecule has 0 aliphatic rings. The summed E-state index contributed by atoms with van der Waals surface area (Å²) in [5.74, 6) is 0. The first-order chi connectivity index (χ1) is 9.16. The van der Waals surface area contributed by atoms with E-state index in [-0.39, 0.29) is 24.1 Å². The summed E-state index contributed by atoms with van der Waals surface area (Å²) in [6.45, 7) is 2.00. The Morgan fingerprint density at radius 3 is 2.70 bits per heavy atom. The van der Waals surface area contributed by atoms with Crippen molar-refractivity contribution in [3.63, 3.8) is 0 Å². The highest BCUT2D eigenvalue weighted by Gasteiger charge is 2.15. The summed E-state index contributed by atoms with van der Waals surface area (Å²) in [6.07, 6.45) is 1.68. The van der Waals surface area contributed by atoms with Crippen molar-refractivity contribution in [2.45, 2.75) is 13.0 Å². The average molecular weight is 355 g/mol. The summed E-state index contributed by atoms with van der Waals surface area (Å²) in [5.41, 5.74) is 2.36. The number of fused-ring (bicyclic) bond motifs is 1. The van der Waals surface area contributed by atoms with Gasteiger partial charge in [-0.05, 0) is 34.5 Å². The zero-order valence-electron chi connectivity index (χ0n) is 10.7. The molecule has 20 heavy (non-hydrogen) atoms. The fourth-order valence-corrected chi connectivity index (χ4v) is 2.56. The van der Waals surface area contributed by atoms with Crippen LogP contribution in [0.25, 0.3) is 11.2 Å². The second kappa shape index (κ2) is 5.81. The van der Waals surface area contributed by atoms with Crippen molar-refractivity contribution in [2.75, 3.05) is 0 Å². The van der Waals surface area contributed by atoms with E-state index >= 15 is 0 Å². The number of aromatic nitrogens is 3. The molecule has 6 heteroatoms. The summed E-state index contributed by atoms with van der Waals surface area (Å²) >= 11 is 3.39. The van der Waals surface area contributed by atoms with E-state index in [0.717, 1.165) is 15.6 Å². The smallest absolute Gasteiger partial charge is 0.290 e. The standard InChI is InChI=1S/C14H12BrN3O.ClH/c1-9(10-5-3-2-4-6-10)18-12-7-11(15)8-16-13(12)17-14(18)19;/h2-9H,1H3,(H,16,17,19);1H/t9-;/m1./s1. The van der Waals surface area contributed by atoms with Gasteiger partial charge in [0.05, 0.1) is 11.6 Å². The van der Waals surface area contributed by atoms with Crippen molar-refractivity contribution < 1.29 is 0 Å². The van der Waals surface area contributed by atoms with Crippen molar-refractivity contribution in [2.24, 2.45) is 0 Å². The van der Waals surface area contributed by atoms with Crippen LogP contribution in [0.15, 0.2) is 51.9 Å². The van der Waals surface area contributed by atoms with E-state index < -0.39 is 0 Å². The molecule has 4 nitrogen and oxygen atoms in total. The molecule has 0 fully saturated rings. The maximum absolute atomic E-state index is 12.1. The lowest BCUT2D eigenvalue weighted by molar-refractivity contribution is 0.635. The molecule has 0 saturated heterocycles. The molecule has 1 aromatic carbocycles. The quantitative estimate of drug-likeness (QED) is 0.765. The third-order valence-corrected chi connectivity index (χ3v) is 3.64. The predicted octanol–water partition coefficient (Wildman–Crippen LogP) is 3.52. The number of hydrogen-bond acceptors (Lipinski definition) is 2. The summed E-state index contributed by atoms with van der Waals surface area (Å²) in [6, 6.07) is 11.8. The molecule has 2 aromatic heterocycles. The topological polar surface area (TPSA) is 50.7 Å². The Morgan fingerprint density at radius 1 is 1.30 bits per heavy atom. The summed E-state index contributed by atoms with van der Waals surface area (Å²) in [5, 5.41) is 0. The second-order valence-corrected chi connectivity index (χ2v) is 5.32. The lowest BCUT2D eigenvalue weighted by Gasteiger charge is -2.13. The Kier molecular flexibility index (Phi) is 4.30. The number of aromatic amines is 1. The monoisotopic (exact) mass is 353 g/mol. The number of rotatable bonds is 2. The molecule has 3 aromatic rings.